The van der Waals surface area contributed by atoms with E-state index in [4.69, 9.17) is 6.42 Å². The molecule has 3 rings (SSSR count). The molecule has 7 nitrogen and oxygen atoms in total. The van der Waals surface area contributed by atoms with Crippen LogP contribution in [0.2, 0.25) is 0 Å². The van der Waals surface area contributed by atoms with Crippen molar-refractivity contribution in [2.75, 3.05) is 6.54 Å². The van der Waals surface area contributed by atoms with Crippen LogP contribution >= 0.6 is 15.9 Å². The van der Waals surface area contributed by atoms with Gasteiger partial charge in [0.2, 0.25) is 5.88 Å². The average molecular weight is 439 g/mol. The van der Waals surface area contributed by atoms with E-state index in [1.54, 1.807) is 48.5 Å². The molecule has 1 heterocycles. The van der Waals surface area contributed by atoms with Crippen LogP contribution in [0.15, 0.2) is 63.2 Å². The number of aromatic hydroxyl groups is 1. The van der Waals surface area contributed by atoms with Gasteiger partial charge in [-0.3, -0.25) is 14.2 Å². The second-order valence-electron chi connectivity index (χ2n) is 5.74. The predicted octanol–water partition coefficient (Wildman–Crippen LogP) is 3.78. The number of benzene rings is 2. The minimum absolute atomic E-state index is 0.149. The van der Waals surface area contributed by atoms with Crippen molar-refractivity contribution in [3.8, 4) is 18.2 Å². The van der Waals surface area contributed by atoms with E-state index in [9.17, 15) is 14.7 Å². The topological polar surface area (TPSA) is 96.0 Å². The monoisotopic (exact) mass is 438 g/mol. The third-order valence-electron chi connectivity index (χ3n) is 3.95. The Bertz CT molecular complexity index is 1130. The Hall–Kier alpha value is -3.44. The van der Waals surface area contributed by atoms with Crippen LogP contribution in [0.3, 0.4) is 0 Å². The van der Waals surface area contributed by atoms with Crippen molar-refractivity contribution in [2.24, 2.45) is 10.2 Å². The first-order chi connectivity index (χ1) is 13.5. The van der Waals surface area contributed by atoms with Crippen LogP contribution in [0, 0.1) is 12.3 Å². The van der Waals surface area contributed by atoms with E-state index in [0.717, 1.165) is 0 Å². The first-order valence-electron chi connectivity index (χ1n) is 8.24. The highest BCUT2D eigenvalue weighted by molar-refractivity contribution is 9.10. The Labute approximate surface area is 169 Å². The summed E-state index contributed by atoms with van der Waals surface area (Å²) in [5.74, 6) is 1.22. The molecule has 0 aliphatic carbocycles. The summed E-state index contributed by atoms with van der Waals surface area (Å²) in [6.45, 7) is -0.175. The number of aromatic nitrogens is 1. The number of hydrogen-bond donors (Lipinski definition) is 2. The van der Waals surface area contributed by atoms with Crippen molar-refractivity contribution in [1.82, 2.24) is 9.88 Å². The Morgan fingerprint density at radius 2 is 1.89 bits per heavy atom. The van der Waals surface area contributed by atoms with Crippen LogP contribution < -0.4 is 5.32 Å². The van der Waals surface area contributed by atoms with E-state index in [2.05, 4.69) is 37.4 Å². The standard InChI is InChI=1S/C20H15BrN4O3/c1-2-11-25-16-10-6-4-8-14(16)18(20(25)28)24-23-17(26)12-22-19(27)13-7-3-5-9-15(13)21/h1,3-10,28H,11-12H2,(H,22,27). The van der Waals surface area contributed by atoms with Crippen molar-refractivity contribution >= 4 is 44.3 Å². The first-order valence-corrected chi connectivity index (χ1v) is 9.03. The molecule has 1 aromatic heterocycles. The van der Waals surface area contributed by atoms with Crippen molar-refractivity contribution in [1.29, 1.82) is 0 Å². The molecular weight excluding hydrogens is 424 g/mol. The summed E-state index contributed by atoms with van der Waals surface area (Å²) < 4.78 is 2.12. The van der Waals surface area contributed by atoms with Gasteiger partial charge in [0.05, 0.1) is 17.6 Å². The number of para-hydroxylation sites is 1. The summed E-state index contributed by atoms with van der Waals surface area (Å²) in [5, 5.41) is 21.0. The van der Waals surface area contributed by atoms with Gasteiger partial charge in [-0.05, 0) is 34.1 Å². The van der Waals surface area contributed by atoms with Crippen molar-refractivity contribution in [3.05, 3.63) is 58.6 Å². The van der Waals surface area contributed by atoms with Crippen LogP contribution in [-0.4, -0.2) is 28.0 Å². The highest BCUT2D eigenvalue weighted by Crippen LogP contribution is 2.38. The minimum atomic E-state index is -0.659. The van der Waals surface area contributed by atoms with Crippen LogP contribution in [0.5, 0.6) is 5.88 Å². The summed E-state index contributed by atoms with van der Waals surface area (Å²) in [5.41, 5.74) is 1.24. The Balaban J connectivity index is 1.75. The van der Waals surface area contributed by atoms with E-state index in [1.165, 1.54) is 4.57 Å². The molecule has 0 spiro atoms. The Morgan fingerprint density at radius 1 is 1.18 bits per heavy atom. The SMILES string of the molecule is C#CCn1c(O)c(N=NC(=O)CNC(=O)c2ccccc2Br)c2ccccc21. The van der Waals surface area contributed by atoms with Gasteiger partial charge in [-0.1, -0.05) is 36.3 Å². The van der Waals surface area contributed by atoms with Crippen LogP contribution in [0.4, 0.5) is 5.69 Å². The van der Waals surface area contributed by atoms with E-state index >= 15 is 0 Å². The van der Waals surface area contributed by atoms with Crippen LogP contribution in [0.25, 0.3) is 10.9 Å². The van der Waals surface area contributed by atoms with E-state index in [1.807, 2.05) is 0 Å². The maximum atomic E-state index is 12.1. The smallest absolute Gasteiger partial charge is 0.283 e. The average Bonchev–Trinajstić information content (AvgIpc) is 2.96. The van der Waals surface area contributed by atoms with Crippen LogP contribution in [0.1, 0.15) is 10.4 Å². The maximum absolute atomic E-state index is 12.1. The molecule has 28 heavy (non-hydrogen) atoms. The molecule has 0 radical (unpaired) electrons. The fourth-order valence-corrected chi connectivity index (χ4v) is 3.12. The normalized spacial score (nSPS) is 10.9. The Morgan fingerprint density at radius 3 is 2.64 bits per heavy atom. The molecule has 0 aliphatic rings. The van der Waals surface area contributed by atoms with Crippen molar-refractivity contribution in [3.63, 3.8) is 0 Å². The molecule has 140 valence electrons. The summed E-state index contributed by atoms with van der Waals surface area (Å²) >= 11 is 3.28. The van der Waals surface area contributed by atoms with Gasteiger partial charge in [-0.15, -0.1) is 16.7 Å². The fraction of sp³-hybridized carbons (Fsp3) is 0.100. The number of carbonyl (C=O) groups excluding carboxylic acids is 2. The number of fused-ring (bicyclic) bond motifs is 1. The number of azo groups is 1. The molecular formula is C20H15BrN4O3. The van der Waals surface area contributed by atoms with Gasteiger partial charge >= 0.3 is 0 Å². The lowest BCUT2D eigenvalue weighted by Gasteiger charge is -2.04. The summed E-state index contributed by atoms with van der Waals surface area (Å²) in [7, 11) is 0. The largest absolute Gasteiger partial charge is 0.493 e. The second kappa shape index (κ2) is 8.50. The third-order valence-corrected chi connectivity index (χ3v) is 4.64. The van der Waals surface area contributed by atoms with Gasteiger partial charge < -0.3 is 10.4 Å². The van der Waals surface area contributed by atoms with Crippen molar-refractivity contribution < 1.29 is 14.7 Å². The number of hydrogen-bond acceptors (Lipinski definition) is 4. The van der Waals surface area contributed by atoms with Gasteiger partial charge in [0, 0.05) is 9.86 Å². The van der Waals surface area contributed by atoms with Gasteiger partial charge in [-0.25, -0.2) is 0 Å². The molecule has 8 heteroatoms. The molecule has 0 saturated carbocycles. The lowest BCUT2D eigenvalue weighted by atomic mass is 10.2. The van der Waals surface area contributed by atoms with Crippen LogP contribution in [-0.2, 0) is 11.3 Å². The van der Waals surface area contributed by atoms with Gasteiger partial charge in [0.15, 0.2) is 5.69 Å². The highest BCUT2D eigenvalue weighted by atomic mass is 79.9. The number of nitrogens with one attached hydrogen (secondary N) is 1. The summed E-state index contributed by atoms with van der Waals surface area (Å²) in [6.07, 6.45) is 5.34. The summed E-state index contributed by atoms with van der Waals surface area (Å²) in [4.78, 5) is 24.1. The molecule has 3 aromatic rings. The number of nitrogens with zero attached hydrogens (tertiary/aromatic N) is 3. The number of halogens is 1. The second-order valence-corrected chi connectivity index (χ2v) is 6.59. The molecule has 0 saturated heterocycles. The molecule has 0 bridgehead atoms. The minimum Gasteiger partial charge on any atom is -0.493 e. The number of terminal acetylenes is 1. The molecule has 2 N–H and O–H groups in total. The van der Waals surface area contributed by atoms with E-state index < -0.39 is 11.8 Å². The molecule has 2 amide bonds. The molecule has 0 aliphatic heterocycles. The zero-order valence-electron chi connectivity index (χ0n) is 14.6. The van der Waals surface area contributed by atoms with Gasteiger partial charge in [0.25, 0.3) is 11.8 Å². The fourth-order valence-electron chi connectivity index (χ4n) is 2.66. The predicted molar refractivity (Wildman–Crippen MR) is 108 cm³/mol. The molecule has 2 aromatic carbocycles. The molecule has 0 unspecified atom stereocenters. The zero-order chi connectivity index (χ0) is 20.1. The van der Waals surface area contributed by atoms with E-state index in [-0.39, 0.29) is 24.7 Å². The van der Waals surface area contributed by atoms with Gasteiger partial charge in [-0.2, -0.15) is 0 Å². The first kappa shape index (κ1) is 19.3. The zero-order valence-corrected chi connectivity index (χ0v) is 16.2. The third kappa shape index (κ3) is 3.94. The lowest BCUT2D eigenvalue weighted by molar-refractivity contribution is -0.117. The van der Waals surface area contributed by atoms with E-state index in [0.29, 0.717) is 20.9 Å². The number of rotatable bonds is 5. The maximum Gasteiger partial charge on any atom is 0.283 e. The Kier molecular flexibility index (Phi) is 5.87. The van der Waals surface area contributed by atoms with Gasteiger partial charge in [0.1, 0.15) is 6.54 Å². The highest BCUT2D eigenvalue weighted by Gasteiger charge is 2.16. The lowest BCUT2D eigenvalue weighted by Crippen LogP contribution is -2.28. The molecule has 0 fully saturated rings. The quantitative estimate of drug-likeness (QED) is 0.468. The number of amides is 2. The van der Waals surface area contributed by atoms with Crippen molar-refractivity contribution in [2.45, 2.75) is 6.54 Å². The summed E-state index contributed by atoms with van der Waals surface area (Å²) in [6, 6.07) is 14.0. The molecule has 0 atom stereocenters. The number of carbonyl (C=O) groups is 2.